The van der Waals surface area contributed by atoms with Crippen molar-refractivity contribution in [2.24, 2.45) is 0 Å². The molecule has 5 heteroatoms. The fraction of sp³-hybridized carbons (Fsp3) is 0.267. The molecular weight excluding hydrogens is 252 g/mol. The molecule has 1 atom stereocenters. The van der Waals surface area contributed by atoms with E-state index in [-0.39, 0.29) is 6.10 Å². The van der Waals surface area contributed by atoms with Crippen molar-refractivity contribution in [3.63, 3.8) is 0 Å². The van der Waals surface area contributed by atoms with Crippen LogP contribution in [0.25, 0.3) is 16.9 Å². The first-order valence-electron chi connectivity index (χ1n) is 6.49. The van der Waals surface area contributed by atoms with Crippen molar-refractivity contribution in [3.05, 3.63) is 48.0 Å². The third kappa shape index (κ3) is 2.16. The van der Waals surface area contributed by atoms with Crippen LogP contribution in [-0.2, 0) is 4.74 Å². The zero-order valence-electron chi connectivity index (χ0n) is 11.7. The van der Waals surface area contributed by atoms with Crippen LogP contribution in [0.2, 0.25) is 0 Å². The van der Waals surface area contributed by atoms with Crippen LogP contribution in [0.4, 0.5) is 0 Å². The first-order chi connectivity index (χ1) is 9.69. The quantitative estimate of drug-likeness (QED) is 0.733. The zero-order valence-corrected chi connectivity index (χ0v) is 11.7. The topological polar surface area (TPSA) is 52.3 Å². The summed E-state index contributed by atoms with van der Waals surface area (Å²) in [5.41, 5.74) is 3.28. The van der Waals surface area contributed by atoms with Crippen LogP contribution >= 0.6 is 0 Å². The Morgan fingerprint density at radius 1 is 1.20 bits per heavy atom. The number of aromatic nitrogens is 4. The molecule has 20 heavy (non-hydrogen) atoms. The number of hydrogen-bond acceptors (Lipinski definition) is 4. The van der Waals surface area contributed by atoms with Gasteiger partial charge in [-0.2, -0.15) is 0 Å². The van der Waals surface area contributed by atoms with Gasteiger partial charge in [-0.3, -0.25) is 4.40 Å². The van der Waals surface area contributed by atoms with Gasteiger partial charge in [0.25, 0.3) is 5.78 Å². The molecule has 0 N–H and O–H groups in total. The normalized spacial score (nSPS) is 12.8. The first-order valence-corrected chi connectivity index (χ1v) is 6.49. The van der Waals surface area contributed by atoms with Gasteiger partial charge in [0.15, 0.2) is 0 Å². The van der Waals surface area contributed by atoms with Crippen molar-refractivity contribution < 1.29 is 4.74 Å². The number of nitrogens with zero attached hydrogens (tertiary/aromatic N) is 4. The summed E-state index contributed by atoms with van der Waals surface area (Å²) in [5, 5.41) is 8.01. The molecule has 1 aromatic carbocycles. The minimum Gasteiger partial charge on any atom is -0.377 e. The highest BCUT2D eigenvalue weighted by Gasteiger charge is 2.08. The van der Waals surface area contributed by atoms with Crippen molar-refractivity contribution in [2.45, 2.75) is 20.0 Å². The van der Waals surface area contributed by atoms with Gasteiger partial charge in [0.05, 0.1) is 6.10 Å². The SMILES string of the molecule is CO[C@@H](C)c1cccc(-c2cnc3nnc(C)n3c2)c1. The van der Waals surface area contributed by atoms with E-state index < -0.39 is 0 Å². The molecular formula is C15H16N4O. The van der Waals surface area contributed by atoms with Crippen molar-refractivity contribution in [2.75, 3.05) is 7.11 Å². The number of fused-ring (bicyclic) bond motifs is 1. The standard InChI is InChI=1S/C15H16N4O/c1-10(20-3)12-5-4-6-13(7-12)14-8-16-15-18-17-11(2)19(15)9-14/h4-10H,1-3H3/t10-/m0/s1. The predicted molar refractivity (Wildman–Crippen MR) is 76.4 cm³/mol. The molecule has 0 spiro atoms. The van der Waals surface area contributed by atoms with Crippen molar-refractivity contribution >= 4 is 5.78 Å². The average Bonchev–Trinajstić information content (AvgIpc) is 2.87. The van der Waals surface area contributed by atoms with Crippen molar-refractivity contribution in [1.29, 1.82) is 0 Å². The van der Waals surface area contributed by atoms with Crippen LogP contribution in [0.15, 0.2) is 36.7 Å². The van der Waals surface area contributed by atoms with E-state index in [0.29, 0.717) is 5.78 Å². The number of rotatable bonds is 3. The second-order valence-corrected chi connectivity index (χ2v) is 4.76. The Hall–Kier alpha value is -2.27. The molecule has 3 rings (SSSR count). The zero-order chi connectivity index (χ0) is 14.1. The van der Waals surface area contributed by atoms with E-state index in [4.69, 9.17) is 4.74 Å². The Kier molecular flexibility index (Phi) is 3.20. The Labute approximate surface area is 117 Å². The third-order valence-electron chi connectivity index (χ3n) is 3.48. The summed E-state index contributed by atoms with van der Waals surface area (Å²) in [5.74, 6) is 1.45. The molecule has 102 valence electrons. The van der Waals surface area contributed by atoms with Gasteiger partial charge in [0.2, 0.25) is 0 Å². The Morgan fingerprint density at radius 2 is 2.05 bits per heavy atom. The van der Waals surface area contributed by atoms with Gasteiger partial charge in [-0.25, -0.2) is 4.98 Å². The van der Waals surface area contributed by atoms with E-state index in [1.807, 2.05) is 36.7 Å². The lowest BCUT2D eigenvalue weighted by Gasteiger charge is -2.11. The van der Waals surface area contributed by atoms with Gasteiger partial charge < -0.3 is 4.74 Å². The van der Waals surface area contributed by atoms with Crippen molar-refractivity contribution in [3.8, 4) is 11.1 Å². The van der Waals surface area contributed by atoms with Crippen LogP contribution in [0, 0.1) is 6.92 Å². The molecule has 0 unspecified atom stereocenters. The van der Waals surface area contributed by atoms with Crippen LogP contribution < -0.4 is 0 Å². The van der Waals surface area contributed by atoms with E-state index in [1.165, 1.54) is 0 Å². The maximum absolute atomic E-state index is 5.36. The molecule has 0 amide bonds. The van der Waals surface area contributed by atoms with Gasteiger partial charge >= 0.3 is 0 Å². The summed E-state index contributed by atoms with van der Waals surface area (Å²) in [6.07, 6.45) is 3.90. The molecule has 0 aliphatic rings. The van der Waals surface area contributed by atoms with Crippen LogP contribution in [0.3, 0.4) is 0 Å². The molecule has 3 aromatic rings. The molecule has 0 saturated carbocycles. The van der Waals surface area contributed by atoms with Gasteiger partial charge in [-0.1, -0.05) is 18.2 Å². The van der Waals surface area contributed by atoms with Gasteiger partial charge in [0, 0.05) is 25.1 Å². The van der Waals surface area contributed by atoms with E-state index in [1.54, 1.807) is 7.11 Å². The lowest BCUT2D eigenvalue weighted by atomic mass is 10.0. The molecule has 0 fully saturated rings. The molecule has 0 radical (unpaired) electrons. The fourth-order valence-electron chi connectivity index (χ4n) is 2.15. The van der Waals surface area contributed by atoms with Crippen LogP contribution in [-0.4, -0.2) is 26.7 Å². The number of ether oxygens (including phenoxy) is 1. The Morgan fingerprint density at radius 3 is 2.85 bits per heavy atom. The Balaban J connectivity index is 2.08. The van der Waals surface area contributed by atoms with Crippen LogP contribution in [0.5, 0.6) is 0 Å². The molecule has 2 aromatic heterocycles. The summed E-state index contributed by atoms with van der Waals surface area (Å²) in [7, 11) is 1.71. The molecule has 0 aliphatic carbocycles. The number of methoxy groups -OCH3 is 1. The average molecular weight is 268 g/mol. The maximum Gasteiger partial charge on any atom is 0.254 e. The fourth-order valence-corrected chi connectivity index (χ4v) is 2.15. The minimum atomic E-state index is 0.0725. The van der Waals surface area contributed by atoms with Gasteiger partial charge in [-0.15, -0.1) is 10.2 Å². The van der Waals surface area contributed by atoms with E-state index >= 15 is 0 Å². The summed E-state index contributed by atoms with van der Waals surface area (Å²) < 4.78 is 7.25. The maximum atomic E-state index is 5.36. The summed E-state index contributed by atoms with van der Waals surface area (Å²) in [6, 6.07) is 8.28. The first kappa shape index (κ1) is 12.7. The van der Waals surface area contributed by atoms with Crippen LogP contribution in [0.1, 0.15) is 24.4 Å². The third-order valence-corrected chi connectivity index (χ3v) is 3.48. The largest absolute Gasteiger partial charge is 0.377 e. The summed E-state index contributed by atoms with van der Waals surface area (Å²) in [6.45, 7) is 3.94. The second-order valence-electron chi connectivity index (χ2n) is 4.76. The predicted octanol–water partition coefficient (Wildman–Crippen LogP) is 2.81. The summed E-state index contributed by atoms with van der Waals surface area (Å²) >= 11 is 0. The highest BCUT2D eigenvalue weighted by Crippen LogP contribution is 2.24. The Bertz CT molecular complexity index is 750. The number of benzene rings is 1. The molecule has 2 heterocycles. The second kappa shape index (κ2) is 5.02. The minimum absolute atomic E-state index is 0.0725. The van der Waals surface area contributed by atoms with E-state index in [0.717, 1.165) is 22.5 Å². The lowest BCUT2D eigenvalue weighted by molar-refractivity contribution is 0.119. The molecule has 0 saturated heterocycles. The van der Waals surface area contributed by atoms with Gasteiger partial charge in [0.1, 0.15) is 5.82 Å². The monoisotopic (exact) mass is 268 g/mol. The van der Waals surface area contributed by atoms with E-state index in [9.17, 15) is 0 Å². The highest BCUT2D eigenvalue weighted by molar-refractivity contribution is 5.63. The summed E-state index contributed by atoms with van der Waals surface area (Å²) in [4.78, 5) is 4.33. The highest BCUT2D eigenvalue weighted by atomic mass is 16.5. The number of hydrogen-bond donors (Lipinski definition) is 0. The number of aryl methyl sites for hydroxylation is 1. The lowest BCUT2D eigenvalue weighted by Crippen LogP contribution is -1.96. The molecule has 0 aliphatic heterocycles. The van der Waals surface area contributed by atoms with E-state index in [2.05, 4.69) is 33.4 Å². The van der Waals surface area contributed by atoms with Gasteiger partial charge in [-0.05, 0) is 31.0 Å². The smallest absolute Gasteiger partial charge is 0.254 e. The molecule has 0 bridgehead atoms. The molecule has 5 nitrogen and oxygen atoms in total. The van der Waals surface area contributed by atoms with Crippen molar-refractivity contribution in [1.82, 2.24) is 19.6 Å².